The molecule has 2 aromatic carbocycles. The molecule has 2 N–H and O–H groups in total. The topological polar surface area (TPSA) is 64.0 Å². The van der Waals surface area contributed by atoms with E-state index in [0.29, 0.717) is 41.2 Å². The van der Waals surface area contributed by atoms with Gasteiger partial charge in [-0.05, 0) is 114 Å². The van der Waals surface area contributed by atoms with Gasteiger partial charge in [0.05, 0.1) is 12.1 Å². The third-order valence-electron chi connectivity index (χ3n) is 8.36. The number of hydrogen-bond donors (Lipinski definition) is 2. The molecular weight excluding hydrogens is 424 g/mol. The van der Waals surface area contributed by atoms with E-state index in [9.17, 15) is 15.0 Å². The molecule has 4 rings (SSSR count). The first-order valence-electron chi connectivity index (χ1n) is 12.9. The fourth-order valence-electron chi connectivity index (χ4n) is 6.37. The standard InChI is InChI=1S/C29H40N2O3/c1-19-15-25(23-7-5-9-27(32)17-23)11-13-30(19)21(3)29(34)22(4)31-14-12-26(16-20(31)2)24-8-6-10-28(33)18-24/h5-10,17-22,25-26,32-33H,11-16H2,1-4H3. The molecule has 0 bridgehead atoms. The average Bonchev–Trinajstić information content (AvgIpc) is 2.82. The van der Waals surface area contributed by atoms with E-state index >= 15 is 0 Å². The fraction of sp³-hybridized carbons (Fsp3) is 0.552. The van der Waals surface area contributed by atoms with Gasteiger partial charge in [0, 0.05) is 12.1 Å². The maximum atomic E-state index is 13.6. The van der Waals surface area contributed by atoms with Gasteiger partial charge in [0.15, 0.2) is 5.78 Å². The van der Waals surface area contributed by atoms with E-state index < -0.39 is 0 Å². The van der Waals surface area contributed by atoms with Crippen LogP contribution in [-0.4, -0.2) is 63.1 Å². The molecule has 2 heterocycles. The van der Waals surface area contributed by atoms with Crippen LogP contribution < -0.4 is 0 Å². The third-order valence-corrected chi connectivity index (χ3v) is 8.36. The molecular formula is C29H40N2O3. The molecule has 0 radical (unpaired) electrons. The van der Waals surface area contributed by atoms with E-state index in [1.54, 1.807) is 12.1 Å². The summed E-state index contributed by atoms with van der Waals surface area (Å²) >= 11 is 0. The Morgan fingerprint density at radius 2 is 1.21 bits per heavy atom. The maximum Gasteiger partial charge on any atom is 0.166 e. The van der Waals surface area contributed by atoms with Gasteiger partial charge in [-0.3, -0.25) is 14.6 Å². The number of benzene rings is 2. The van der Waals surface area contributed by atoms with Crippen LogP contribution in [0.2, 0.25) is 0 Å². The molecule has 2 aliphatic heterocycles. The predicted octanol–water partition coefficient (Wildman–Crippen LogP) is 5.28. The second-order valence-corrected chi connectivity index (χ2v) is 10.6. The maximum absolute atomic E-state index is 13.6. The van der Waals surface area contributed by atoms with Gasteiger partial charge in [-0.2, -0.15) is 0 Å². The Bertz CT molecular complexity index is 915. The van der Waals surface area contributed by atoms with Crippen LogP contribution in [0.15, 0.2) is 48.5 Å². The Kier molecular flexibility index (Phi) is 7.63. The second kappa shape index (κ2) is 10.5. The van der Waals surface area contributed by atoms with Crippen molar-refractivity contribution >= 4 is 5.78 Å². The predicted molar refractivity (Wildman–Crippen MR) is 136 cm³/mol. The molecule has 2 saturated heterocycles. The second-order valence-electron chi connectivity index (χ2n) is 10.6. The van der Waals surface area contributed by atoms with Crippen molar-refractivity contribution in [3.05, 3.63) is 59.7 Å². The van der Waals surface area contributed by atoms with Gasteiger partial charge in [-0.25, -0.2) is 0 Å². The van der Waals surface area contributed by atoms with Crippen LogP contribution >= 0.6 is 0 Å². The summed E-state index contributed by atoms with van der Waals surface area (Å²) in [5.41, 5.74) is 2.39. The number of Topliss-reactive ketones (excluding diaryl/α,β-unsaturated/α-hetero) is 1. The number of phenolic OH excluding ortho intramolecular Hbond substituents is 2. The number of nitrogens with zero attached hydrogens (tertiary/aromatic N) is 2. The van der Waals surface area contributed by atoms with Crippen molar-refractivity contribution < 1.29 is 15.0 Å². The molecule has 5 nitrogen and oxygen atoms in total. The minimum atomic E-state index is -0.105. The molecule has 0 amide bonds. The summed E-state index contributed by atoms with van der Waals surface area (Å²) in [4.78, 5) is 18.3. The Hall–Kier alpha value is -2.37. The average molecular weight is 465 g/mol. The van der Waals surface area contributed by atoms with Crippen LogP contribution in [0.5, 0.6) is 11.5 Å². The Balaban J connectivity index is 1.35. The van der Waals surface area contributed by atoms with Crippen molar-refractivity contribution in [2.45, 2.75) is 89.4 Å². The number of likely N-dealkylation sites (tertiary alicyclic amines) is 2. The summed E-state index contributed by atoms with van der Waals surface area (Å²) in [7, 11) is 0. The number of aromatic hydroxyl groups is 2. The van der Waals surface area contributed by atoms with Gasteiger partial charge < -0.3 is 10.2 Å². The van der Waals surface area contributed by atoms with Crippen LogP contribution in [0, 0.1) is 0 Å². The largest absolute Gasteiger partial charge is 0.508 e. The van der Waals surface area contributed by atoms with Crippen molar-refractivity contribution in [3.63, 3.8) is 0 Å². The summed E-state index contributed by atoms with van der Waals surface area (Å²) in [5, 5.41) is 19.7. The summed E-state index contributed by atoms with van der Waals surface area (Å²) in [5.74, 6) is 1.81. The van der Waals surface area contributed by atoms with Gasteiger partial charge in [0.25, 0.3) is 0 Å². The number of piperidine rings is 2. The number of phenols is 2. The highest BCUT2D eigenvalue weighted by Crippen LogP contribution is 2.36. The highest BCUT2D eigenvalue weighted by molar-refractivity contribution is 5.88. The van der Waals surface area contributed by atoms with Crippen LogP contribution in [-0.2, 0) is 4.79 Å². The molecule has 6 unspecified atom stereocenters. The quantitative estimate of drug-likeness (QED) is 0.609. The number of carbonyl (C=O) groups is 1. The Morgan fingerprint density at radius 1 is 0.794 bits per heavy atom. The van der Waals surface area contributed by atoms with Crippen LogP contribution in [0.25, 0.3) is 0 Å². The van der Waals surface area contributed by atoms with Crippen LogP contribution in [0.3, 0.4) is 0 Å². The summed E-state index contributed by atoms with van der Waals surface area (Å²) in [6.45, 7) is 10.4. The van der Waals surface area contributed by atoms with Crippen molar-refractivity contribution in [1.82, 2.24) is 9.80 Å². The molecule has 0 saturated carbocycles. The lowest BCUT2D eigenvalue weighted by molar-refractivity contribution is -0.131. The zero-order valence-electron chi connectivity index (χ0n) is 21.0. The van der Waals surface area contributed by atoms with E-state index in [2.05, 4.69) is 49.6 Å². The Labute approximate surface area is 204 Å². The van der Waals surface area contributed by atoms with Crippen LogP contribution in [0.1, 0.15) is 76.3 Å². The van der Waals surface area contributed by atoms with E-state index in [4.69, 9.17) is 0 Å². The van der Waals surface area contributed by atoms with Crippen molar-refractivity contribution in [3.8, 4) is 11.5 Å². The lowest BCUT2D eigenvalue weighted by atomic mass is 9.83. The lowest BCUT2D eigenvalue weighted by Crippen LogP contribution is -2.56. The summed E-state index contributed by atoms with van der Waals surface area (Å²) in [6.07, 6.45) is 4.01. The highest BCUT2D eigenvalue weighted by Gasteiger charge is 2.38. The van der Waals surface area contributed by atoms with Gasteiger partial charge in [-0.15, -0.1) is 0 Å². The van der Waals surface area contributed by atoms with Crippen molar-refractivity contribution in [2.24, 2.45) is 0 Å². The first-order valence-corrected chi connectivity index (χ1v) is 12.9. The smallest absolute Gasteiger partial charge is 0.166 e. The zero-order valence-corrected chi connectivity index (χ0v) is 21.0. The molecule has 0 aromatic heterocycles. The van der Waals surface area contributed by atoms with Gasteiger partial charge in [0.1, 0.15) is 11.5 Å². The minimum absolute atomic E-state index is 0.105. The number of hydrogen-bond acceptors (Lipinski definition) is 5. The molecule has 2 fully saturated rings. The van der Waals surface area contributed by atoms with Gasteiger partial charge in [-0.1, -0.05) is 24.3 Å². The molecule has 184 valence electrons. The first kappa shape index (κ1) is 24.7. The molecule has 2 aromatic rings. The fourth-order valence-corrected chi connectivity index (χ4v) is 6.37. The van der Waals surface area contributed by atoms with E-state index in [1.807, 2.05) is 24.3 Å². The molecule has 5 heteroatoms. The molecule has 6 atom stereocenters. The molecule has 0 spiro atoms. The Morgan fingerprint density at radius 3 is 1.56 bits per heavy atom. The van der Waals surface area contributed by atoms with Crippen LogP contribution in [0.4, 0.5) is 0 Å². The van der Waals surface area contributed by atoms with E-state index in [0.717, 1.165) is 38.8 Å². The van der Waals surface area contributed by atoms with Crippen molar-refractivity contribution in [1.29, 1.82) is 0 Å². The number of ketones is 1. The summed E-state index contributed by atoms with van der Waals surface area (Å²) in [6, 6.07) is 15.7. The van der Waals surface area contributed by atoms with Crippen molar-refractivity contribution in [2.75, 3.05) is 13.1 Å². The molecule has 34 heavy (non-hydrogen) atoms. The normalized spacial score (nSPS) is 28.4. The minimum Gasteiger partial charge on any atom is -0.508 e. The molecule has 2 aliphatic rings. The zero-order chi connectivity index (χ0) is 24.4. The summed E-state index contributed by atoms with van der Waals surface area (Å²) < 4.78 is 0. The van der Waals surface area contributed by atoms with E-state index in [1.165, 1.54) is 11.1 Å². The van der Waals surface area contributed by atoms with E-state index in [-0.39, 0.29) is 12.1 Å². The lowest BCUT2D eigenvalue weighted by Gasteiger charge is -2.44. The first-order chi connectivity index (χ1) is 16.2. The SMILES string of the molecule is CC1CC(c2cccc(O)c2)CCN1C(C)C(=O)C(C)N1CCC(c2cccc(O)c2)CC1C. The molecule has 0 aliphatic carbocycles. The number of carbonyl (C=O) groups excluding carboxylic acids is 1. The highest BCUT2D eigenvalue weighted by atomic mass is 16.3. The van der Waals surface area contributed by atoms with Gasteiger partial charge >= 0.3 is 0 Å². The number of rotatable bonds is 6. The van der Waals surface area contributed by atoms with Gasteiger partial charge in [0.2, 0.25) is 0 Å². The third kappa shape index (κ3) is 5.31. The monoisotopic (exact) mass is 464 g/mol.